The predicted octanol–water partition coefficient (Wildman–Crippen LogP) is 1.18. The van der Waals surface area contributed by atoms with Crippen molar-refractivity contribution in [1.82, 2.24) is 0 Å². The lowest BCUT2D eigenvalue weighted by Crippen LogP contribution is -2.44. The number of rotatable bonds is 0. The minimum Gasteiger partial charge on any atom is -0.450 e. The van der Waals surface area contributed by atoms with Crippen LogP contribution in [0.4, 0.5) is 0 Å². The normalized spacial score (nSPS) is 33.4. The smallest absolute Gasteiger partial charge is 0.417 e. The van der Waals surface area contributed by atoms with Crippen molar-refractivity contribution in [3.8, 4) is 0 Å². The molecule has 78 valence electrons. The van der Waals surface area contributed by atoms with Crippen molar-refractivity contribution in [3.63, 3.8) is 0 Å². The first kappa shape index (κ1) is 9.49. The number of hydrogen-bond donors (Lipinski definition) is 0. The second-order valence-electron chi connectivity index (χ2n) is 3.88. The predicted molar refractivity (Wildman–Crippen MR) is 47.5 cm³/mol. The molecule has 0 unspecified atom stereocenters. The molecule has 4 nitrogen and oxygen atoms in total. The van der Waals surface area contributed by atoms with E-state index in [0.29, 0.717) is 0 Å². The highest BCUT2D eigenvalue weighted by atomic mass is 16.6. The summed E-state index contributed by atoms with van der Waals surface area (Å²) in [5, 5.41) is 0. The molecule has 1 aliphatic heterocycles. The average molecular weight is 198 g/mol. The first-order valence-corrected chi connectivity index (χ1v) is 5.19. The highest BCUT2D eigenvalue weighted by Gasteiger charge is 2.37. The molecule has 2 rings (SSSR count). The molecule has 0 radical (unpaired) electrons. The molecule has 0 aromatic carbocycles. The Bertz CT molecular complexity index is 223. The molecule has 2 atom stereocenters. The van der Waals surface area contributed by atoms with Gasteiger partial charge in [0.15, 0.2) is 0 Å². The van der Waals surface area contributed by atoms with Crippen LogP contribution in [0.2, 0.25) is 0 Å². The molecule has 1 heterocycles. The van der Waals surface area contributed by atoms with Gasteiger partial charge in [0.05, 0.1) is 0 Å². The summed E-state index contributed by atoms with van der Waals surface area (Å²) in [5.74, 6) is -1.65. The zero-order chi connectivity index (χ0) is 9.97. The Morgan fingerprint density at radius 2 is 1.21 bits per heavy atom. The molecule has 1 saturated heterocycles. The van der Waals surface area contributed by atoms with Crippen LogP contribution in [-0.4, -0.2) is 24.1 Å². The zero-order valence-corrected chi connectivity index (χ0v) is 8.03. The molecule has 0 bridgehead atoms. The molecule has 1 aliphatic carbocycles. The van der Waals surface area contributed by atoms with E-state index in [9.17, 15) is 9.59 Å². The topological polar surface area (TPSA) is 52.6 Å². The van der Waals surface area contributed by atoms with Gasteiger partial charge in [-0.05, 0) is 25.7 Å². The molecule has 0 aromatic rings. The molecule has 2 aliphatic rings. The van der Waals surface area contributed by atoms with Crippen LogP contribution in [0.1, 0.15) is 38.5 Å². The summed E-state index contributed by atoms with van der Waals surface area (Å²) in [4.78, 5) is 21.9. The molecule has 4 heteroatoms. The maximum Gasteiger partial charge on any atom is 0.417 e. The summed E-state index contributed by atoms with van der Waals surface area (Å²) in [6.45, 7) is 0. The van der Waals surface area contributed by atoms with Crippen molar-refractivity contribution >= 4 is 11.9 Å². The molecule has 14 heavy (non-hydrogen) atoms. The van der Waals surface area contributed by atoms with Crippen LogP contribution in [0.25, 0.3) is 0 Å². The van der Waals surface area contributed by atoms with E-state index in [-0.39, 0.29) is 12.2 Å². The molecule has 0 spiro atoms. The Labute approximate surface area is 82.6 Å². The maximum absolute atomic E-state index is 11.0. The Kier molecular flexibility index (Phi) is 2.70. The van der Waals surface area contributed by atoms with Crippen LogP contribution in [0.3, 0.4) is 0 Å². The van der Waals surface area contributed by atoms with Crippen molar-refractivity contribution in [3.05, 3.63) is 0 Å². The van der Waals surface area contributed by atoms with Crippen molar-refractivity contribution in [2.24, 2.45) is 0 Å². The fourth-order valence-electron chi connectivity index (χ4n) is 2.06. The standard InChI is InChI=1S/C10H14O4/c11-9-10(12)14-8-6-4-2-1-3-5-7(8)13-9/h7-8H,1-6H2/t7-,8-/m0/s1. The number of carbonyl (C=O) groups excluding carboxylic acids is 2. The molecule has 1 saturated carbocycles. The van der Waals surface area contributed by atoms with E-state index in [1.165, 1.54) is 12.8 Å². The molecular weight excluding hydrogens is 184 g/mol. The van der Waals surface area contributed by atoms with Crippen LogP contribution >= 0.6 is 0 Å². The van der Waals surface area contributed by atoms with Crippen LogP contribution in [0.15, 0.2) is 0 Å². The maximum atomic E-state index is 11.0. The lowest BCUT2D eigenvalue weighted by Gasteiger charge is -2.31. The molecule has 0 N–H and O–H groups in total. The van der Waals surface area contributed by atoms with Gasteiger partial charge >= 0.3 is 11.9 Å². The Morgan fingerprint density at radius 1 is 0.786 bits per heavy atom. The number of esters is 2. The monoisotopic (exact) mass is 198 g/mol. The summed E-state index contributed by atoms with van der Waals surface area (Å²) in [5.41, 5.74) is 0. The highest BCUT2D eigenvalue weighted by molar-refractivity contribution is 6.30. The van der Waals surface area contributed by atoms with E-state index >= 15 is 0 Å². The van der Waals surface area contributed by atoms with Crippen molar-refractivity contribution in [1.29, 1.82) is 0 Å². The van der Waals surface area contributed by atoms with Crippen LogP contribution in [-0.2, 0) is 19.1 Å². The van der Waals surface area contributed by atoms with E-state index in [2.05, 4.69) is 0 Å². The van der Waals surface area contributed by atoms with E-state index in [0.717, 1.165) is 25.7 Å². The first-order valence-electron chi connectivity index (χ1n) is 5.19. The number of fused-ring (bicyclic) bond motifs is 1. The van der Waals surface area contributed by atoms with Gasteiger partial charge in [-0.25, -0.2) is 9.59 Å². The number of hydrogen-bond acceptors (Lipinski definition) is 4. The van der Waals surface area contributed by atoms with E-state index in [1.54, 1.807) is 0 Å². The average Bonchev–Trinajstić information content (AvgIpc) is 2.13. The van der Waals surface area contributed by atoms with Crippen molar-refractivity contribution in [2.75, 3.05) is 0 Å². The minimum atomic E-state index is -0.827. The van der Waals surface area contributed by atoms with E-state index in [1.807, 2.05) is 0 Å². The van der Waals surface area contributed by atoms with Gasteiger partial charge in [-0.1, -0.05) is 12.8 Å². The second-order valence-corrected chi connectivity index (χ2v) is 3.88. The summed E-state index contributed by atoms with van der Waals surface area (Å²) >= 11 is 0. The van der Waals surface area contributed by atoms with E-state index in [4.69, 9.17) is 9.47 Å². The molecule has 0 aromatic heterocycles. The fourth-order valence-corrected chi connectivity index (χ4v) is 2.06. The van der Waals surface area contributed by atoms with Gasteiger partial charge in [-0.2, -0.15) is 0 Å². The van der Waals surface area contributed by atoms with Crippen LogP contribution in [0.5, 0.6) is 0 Å². The van der Waals surface area contributed by atoms with Crippen molar-refractivity contribution < 1.29 is 19.1 Å². The van der Waals surface area contributed by atoms with Crippen molar-refractivity contribution in [2.45, 2.75) is 50.7 Å². The lowest BCUT2D eigenvalue weighted by atomic mass is 9.95. The fraction of sp³-hybridized carbons (Fsp3) is 0.800. The van der Waals surface area contributed by atoms with Gasteiger partial charge in [-0.15, -0.1) is 0 Å². The summed E-state index contributed by atoms with van der Waals surface area (Å²) < 4.78 is 10.0. The molecule has 0 amide bonds. The SMILES string of the molecule is O=C1O[C@H]2CCCCCC[C@@H]2OC1=O. The van der Waals surface area contributed by atoms with Gasteiger partial charge in [0, 0.05) is 0 Å². The van der Waals surface area contributed by atoms with Crippen LogP contribution in [0, 0.1) is 0 Å². The van der Waals surface area contributed by atoms with Gasteiger partial charge in [0.1, 0.15) is 12.2 Å². The Morgan fingerprint density at radius 3 is 1.64 bits per heavy atom. The Balaban J connectivity index is 2.02. The summed E-state index contributed by atoms with van der Waals surface area (Å²) in [6, 6.07) is 0. The first-order chi connectivity index (χ1) is 6.77. The quantitative estimate of drug-likeness (QED) is 0.433. The van der Waals surface area contributed by atoms with Gasteiger partial charge in [0.25, 0.3) is 0 Å². The number of carbonyl (C=O) groups is 2. The third-order valence-electron chi connectivity index (χ3n) is 2.83. The molecular formula is C10H14O4. The highest BCUT2D eigenvalue weighted by Crippen LogP contribution is 2.25. The third-order valence-corrected chi connectivity index (χ3v) is 2.83. The minimum absolute atomic E-state index is 0.194. The van der Waals surface area contributed by atoms with Gasteiger partial charge in [0.2, 0.25) is 0 Å². The Hall–Kier alpha value is -1.06. The van der Waals surface area contributed by atoms with E-state index < -0.39 is 11.9 Å². The number of ether oxygens (including phenoxy) is 2. The van der Waals surface area contributed by atoms with Gasteiger partial charge < -0.3 is 9.47 Å². The lowest BCUT2D eigenvalue weighted by molar-refractivity contribution is -0.196. The summed E-state index contributed by atoms with van der Waals surface area (Å²) in [6.07, 6.45) is 5.70. The summed E-state index contributed by atoms with van der Waals surface area (Å²) in [7, 11) is 0. The third kappa shape index (κ3) is 1.89. The zero-order valence-electron chi connectivity index (χ0n) is 8.03. The van der Waals surface area contributed by atoms with Gasteiger partial charge in [-0.3, -0.25) is 0 Å². The molecule has 2 fully saturated rings. The largest absolute Gasteiger partial charge is 0.450 e. The van der Waals surface area contributed by atoms with Crippen LogP contribution < -0.4 is 0 Å². The second kappa shape index (κ2) is 3.98.